The molecule has 7 heteroatoms. The molecule has 0 aromatic heterocycles. The van der Waals surface area contributed by atoms with Gasteiger partial charge in [-0.1, -0.05) is 33.6 Å². The van der Waals surface area contributed by atoms with E-state index in [1.165, 1.54) is 12.1 Å². The molecule has 2 aromatic rings. The predicted octanol–water partition coefficient (Wildman–Crippen LogP) is 4.10. The van der Waals surface area contributed by atoms with Crippen molar-refractivity contribution in [2.24, 2.45) is 0 Å². The summed E-state index contributed by atoms with van der Waals surface area (Å²) in [5.74, 6) is 0. The van der Waals surface area contributed by atoms with Crippen LogP contribution in [0.3, 0.4) is 0 Å². The van der Waals surface area contributed by atoms with E-state index >= 15 is 0 Å². The van der Waals surface area contributed by atoms with Gasteiger partial charge in [-0.15, -0.1) is 0 Å². The molecule has 0 fully saturated rings. The molecule has 21 heavy (non-hydrogen) atoms. The second-order valence-electron chi connectivity index (χ2n) is 4.71. The highest BCUT2D eigenvalue weighted by Gasteiger charge is 2.19. The second kappa shape index (κ2) is 5.87. The van der Waals surface area contributed by atoms with Crippen molar-refractivity contribution >= 4 is 48.9 Å². The van der Waals surface area contributed by atoms with E-state index in [2.05, 4.69) is 20.7 Å². The maximum absolute atomic E-state index is 12.4. The van der Waals surface area contributed by atoms with Crippen molar-refractivity contribution in [2.45, 2.75) is 18.7 Å². The molecule has 0 aliphatic rings. The highest BCUT2D eigenvalue weighted by Crippen LogP contribution is 2.29. The highest BCUT2D eigenvalue weighted by atomic mass is 79.9. The third kappa shape index (κ3) is 3.51. The van der Waals surface area contributed by atoms with Gasteiger partial charge in [0.15, 0.2) is 0 Å². The zero-order valence-electron chi connectivity index (χ0n) is 11.4. The molecule has 3 N–H and O–H groups in total. The normalized spacial score (nSPS) is 11.4. The Labute approximate surface area is 137 Å². The molecule has 0 spiro atoms. The Hall–Kier alpha value is -1.24. The largest absolute Gasteiger partial charge is 0.398 e. The number of anilines is 2. The summed E-state index contributed by atoms with van der Waals surface area (Å²) in [4.78, 5) is -0.0380. The topological polar surface area (TPSA) is 72.2 Å². The number of nitrogen functional groups attached to an aromatic ring is 1. The molecule has 0 unspecified atom stereocenters. The van der Waals surface area contributed by atoms with Gasteiger partial charge >= 0.3 is 0 Å². The number of aryl methyl sites for hydroxylation is 2. The Morgan fingerprint density at radius 1 is 1.14 bits per heavy atom. The van der Waals surface area contributed by atoms with E-state index in [0.29, 0.717) is 11.4 Å². The average Bonchev–Trinajstić information content (AvgIpc) is 2.37. The number of hydrogen-bond donors (Lipinski definition) is 2. The van der Waals surface area contributed by atoms with Crippen LogP contribution in [0, 0.1) is 13.8 Å². The van der Waals surface area contributed by atoms with Gasteiger partial charge in [0.25, 0.3) is 10.0 Å². The fraction of sp³-hybridized carbons (Fsp3) is 0.143. The van der Waals surface area contributed by atoms with Gasteiger partial charge in [0, 0.05) is 15.8 Å². The first-order chi connectivity index (χ1) is 9.70. The van der Waals surface area contributed by atoms with Crippen LogP contribution in [0.15, 0.2) is 39.7 Å². The molecular weight excluding hydrogens is 376 g/mol. The van der Waals surface area contributed by atoms with Crippen molar-refractivity contribution in [1.82, 2.24) is 0 Å². The van der Waals surface area contributed by atoms with E-state index in [9.17, 15) is 8.42 Å². The van der Waals surface area contributed by atoms with Gasteiger partial charge in [-0.3, -0.25) is 4.72 Å². The summed E-state index contributed by atoms with van der Waals surface area (Å²) in [6.07, 6.45) is 0. The Balaban J connectivity index is 2.43. The number of nitrogens with two attached hydrogens (primary N) is 1. The molecule has 0 atom stereocenters. The molecule has 0 bridgehead atoms. The first kappa shape index (κ1) is 16.1. The lowest BCUT2D eigenvalue weighted by Gasteiger charge is -2.12. The van der Waals surface area contributed by atoms with Crippen LogP contribution < -0.4 is 10.5 Å². The Morgan fingerprint density at radius 3 is 2.43 bits per heavy atom. The van der Waals surface area contributed by atoms with Gasteiger partial charge in [0.05, 0.1) is 5.02 Å². The quantitative estimate of drug-likeness (QED) is 0.776. The third-order valence-corrected chi connectivity index (χ3v) is 5.73. The summed E-state index contributed by atoms with van der Waals surface area (Å²) in [7, 11) is -3.80. The van der Waals surface area contributed by atoms with Crippen molar-refractivity contribution in [3.8, 4) is 0 Å². The predicted molar refractivity (Wildman–Crippen MR) is 90.3 cm³/mol. The second-order valence-corrected chi connectivity index (χ2v) is 7.62. The minimum absolute atomic E-state index is 0.0380. The summed E-state index contributed by atoms with van der Waals surface area (Å²) >= 11 is 9.39. The number of hydrogen-bond acceptors (Lipinski definition) is 3. The molecule has 2 aromatic carbocycles. The number of rotatable bonds is 3. The fourth-order valence-electron chi connectivity index (χ4n) is 1.74. The molecule has 0 aliphatic carbocycles. The van der Waals surface area contributed by atoms with Crippen LogP contribution in [0.25, 0.3) is 0 Å². The Kier molecular flexibility index (Phi) is 4.51. The fourth-order valence-corrected chi connectivity index (χ4v) is 3.79. The minimum Gasteiger partial charge on any atom is -0.398 e. The average molecular weight is 390 g/mol. The van der Waals surface area contributed by atoms with Gasteiger partial charge in [0.2, 0.25) is 0 Å². The lowest BCUT2D eigenvalue weighted by atomic mass is 10.2. The van der Waals surface area contributed by atoms with E-state index in [-0.39, 0.29) is 9.92 Å². The molecule has 2 rings (SSSR count). The number of halogens is 2. The van der Waals surface area contributed by atoms with Crippen LogP contribution in [0.2, 0.25) is 5.02 Å². The van der Waals surface area contributed by atoms with Crippen LogP contribution in [0.5, 0.6) is 0 Å². The molecule has 0 amide bonds. The van der Waals surface area contributed by atoms with Crippen LogP contribution >= 0.6 is 27.5 Å². The monoisotopic (exact) mass is 388 g/mol. The Bertz CT molecular complexity index is 807. The number of benzene rings is 2. The van der Waals surface area contributed by atoms with Crippen LogP contribution in [-0.2, 0) is 10.0 Å². The molecule has 4 nitrogen and oxygen atoms in total. The van der Waals surface area contributed by atoms with Gasteiger partial charge in [0.1, 0.15) is 4.90 Å². The molecule has 112 valence electrons. The summed E-state index contributed by atoms with van der Waals surface area (Å²) < 4.78 is 28.1. The van der Waals surface area contributed by atoms with Gasteiger partial charge < -0.3 is 5.73 Å². The first-order valence-corrected chi connectivity index (χ1v) is 8.71. The highest BCUT2D eigenvalue weighted by molar-refractivity contribution is 9.10. The zero-order valence-corrected chi connectivity index (χ0v) is 14.6. The smallest absolute Gasteiger partial charge is 0.263 e. The third-order valence-electron chi connectivity index (χ3n) is 3.03. The van der Waals surface area contributed by atoms with Crippen molar-refractivity contribution in [3.05, 3.63) is 51.0 Å². The first-order valence-electron chi connectivity index (χ1n) is 6.05. The van der Waals surface area contributed by atoms with Crippen molar-refractivity contribution in [3.63, 3.8) is 0 Å². The number of nitrogens with one attached hydrogen (secondary N) is 1. The van der Waals surface area contributed by atoms with Crippen LogP contribution in [0.1, 0.15) is 11.1 Å². The van der Waals surface area contributed by atoms with Gasteiger partial charge in [-0.05, 0) is 49.2 Å². The van der Waals surface area contributed by atoms with E-state index in [0.717, 1.165) is 15.6 Å². The molecule has 0 saturated carbocycles. The van der Waals surface area contributed by atoms with Crippen molar-refractivity contribution in [1.29, 1.82) is 0 Å². The summed E-state index contributed by atoms with van der Waals surface area (Å²) in [5, 5.41) is 0.139. The summed E-state index contributed by atoms with van der Waals surface area (Å²) in [6, 6.07) is 8.09. The summed E-state index contributed by atoms with van der Waals surface area (Å²) in [6.45, 7) is 3.68. The Morgan fingerprint density at radius 2 is 1.81 bits per heavy atom. The lowest BCUT2D eigenvalue weighted by Crippen LogP contribution is -2.14. The maximum Gasteiger partial charge on any atom is 0.263 e. The van der Waals surface area contributed by atoms with E-state index in [1.807, 2.05) is 13.0 Å². The number of sulfonamides is 1. The maximum atomic E-state index is 12.4. The van der Waals surface area contributed by atoms with Crippen molar-refractivity contribution < 1.29 is 8.42 Å². The molecule has 0 radical (unpaired) electrons. The standard InChI is InChI=1S/C14H14BrClN2O2S/c1-8-3-4-10(6-11(8)15)18-21(19,20)14-7-13(17)9(2)5-12(14)16/h3-7,18H,17H2,1-2H3. The lowest BCUT2D eigenvalue weighted by molar-refractivity contribution is 0.601. The molecule has 0 heterocycles. The van der Waals surface area contributed by atoms with E-state index in [1.54, 1.807) is 19.1 Å². The van der Waals surface area contributed by atoms with Crippen molar-refractivity contribution in [2.75, 3.05) is 10.5 Å². The molecule has 0 saturated heterocycles. The zero-order chi connectivity index (χ0) is 15.8. The summed E-state index contributed by atoms with van der Waals surface area (Å²) in [5.41, 5.74) is 8.33. The van der Waals surface area contributed by atoms with Gasteiger partial charge in [-0.2, -0.15) is 0 Å². The SMILES string of the molecule is Cc1cc(Cl)c(S(=O)(=O)Nc2ccc(C)c(Br)c2)cc1N. The van der Waals surface area contributed by atoms with Gasteiger partial charge in [-0.25, -0.2) is 8.42 Å². The van der Waals surface area contributed by atoms with E-state index in [4.69, 9.17) is 17.3 Å². The van der Waals surface area contributed by atoms with E-state index < -0.39 is 10.0 Å². The van der Waals surface area contributed by atoms with Crippen LogP contribution in [-0.4, -0.2) is 8.42 Å². The molecular formula is C14H14BrClN2O2S. The van der Waals surface area contributed by atoms with Crippen LogP contribution in [0.4, 0.5) is 11.4 Å². The molecule has 0 aliphatic heterocycles. The minimum atomic E-state index is -3.80.